The van der Waals surface area contributed by atoms with Gasteiger partial charge in [0.25, 0.3) is 5.91 Å². The number of carbonyl (C=O) groups is 1. The van der Waals surface area contributed by atoms with Crippen molar-refractivity contribution in [2.45, 2.75) is 64.5 Å². The van der Waals surface area contributed by atoms with Crippen molar-refractivity contribution in [3.63, 3.8) is 0 Å². The van der Waals surface area contributed by atoms with Crippen molar-refractivity contribution in [3.8, 4) is 0 Å². The number of rotatable bonds is 7. The predicted octanol–water partition coefficient (Wildman–Crippen LogP) is 4.86. The third-order valence-corrected chi connectivity index (χ3v) is 8.30. The zero-order valence-corrected chi connectivity index (χ0v) is 22.0. The maximum atomic E-state index is 13.4. The third kappa shape index (κ3) is 4.23. The summed E-state index contributed by atoms with van der Waals surface area (Å²) in [6, 6.07) is 10.6. The van der Waals surface area contributed by atoms with Gasteiger partial charge < -0.3 is 20.2 Å². The molecule has 3 aromatic heterocycles. The summed E-state index contributed by atoms with van der Waals surface area (Å²) in [5, 5.41) is 15.3. The number of aromatic amines is 1. The second-order valence-corrected chi connectivity index (χ2v) is 11.4. The lowest BCUT2D eigenvalue weighted by atomic mass is 9.58. The minimum Gasteiger partial charge on any atom is -0.359 e. The van der Waals surface area contributed by atoms with E-state index >= 15 is 0 Å². The Morgan fingerprint density at radius 1 is 1.19 bits per heavy atom. The van der Waals surface area contributed by atoms with Gasteiger partial charge in [0.05, 0.1) is 16.4 Å². The Hall–Kier alpha value is -3.52. The number of nitrogens with zero attached hydrogens (tertiary/aromatic N) is 4. The molecule has 2 aliphatic rings. The van der Waals surface area contributed by atoms with Crippen LogP contribution >= 0.6 is 0 Å². The summed E-state index contributed by atoms with van der Waals surface area (Å²) < 4.78 is 2.01. The predicted molar refractivity (Wildman–Crippen MR) is 144 cm³/mol. The number of hydrogen-bond acceptors (Lipinski definition) is 5. The lowest BCUT2D eigenvalue weighted by Gasteiger charge is -2.46. The first-order valence-corrected chi connectivity index (χ1v) is 13.3. The number of aromatic nitrogens is 5. The van der Waals surface area contributed by atoms with E-state index in [1.807, 2.05) is 42.9 Å². The number of anilines is 1. The highest BCUT2D eigenvalue weighted by molar-refractivity contribution is 6.04. The normalized spacial score (nSPS) is 25.0. The Labute approximate surface area is 217 Å². The van der Waals surface area contributed by atoms with Crippen molar-refractivity contribution in [3.05, 3.63) is 71.1 Å². The van der Waals surface area contributed by atoms with E-state index in [2.05, 4.69) is 51.8 Å². The van der Waals surface area contributed by atoms with E-state index < -0.39 is 0 Å². The van der Waals surface area contributed by atoms with E-state index in [0.717, 1.165) is 58.0 Å². The van der Waals surface area contributed by atoms with Crippen LogP contribution < -0.4 is 10.6 Å². The standard InChI is InChI=1S/C29H35N7O/c1-17-8-23(9-17)30-15-20-10-24(34-25-19(3)14-31-26(20)25)27(37)33-22-7-5-6-21(11-22)29(12-18(2)13-29)28-35-32-16-36(28)4/h5-7,10-11,14,16-18,23,30-31H,8-9,12-13,15H2,1-4H3,(H,33,37). The summed E-state index contributed by atoms with van der Waals surface area (Å²) in [5.41, 5.74) is 6.13. The number of carbonyl (C=O) groups excluding carboxylic acids is 1. The van der Waals surface area contributed by atoms with E-state index in [-0.39, 0.29) is 11.3 Å². The number of hydrogen-bond donors (Lipinski definition) is 3. The van der Waals surface area contributed by atoms with Crippen LogP contribution in [0.4, 0.5) is 5.69 Å². The Bertz CT molecular complexity index is 1460. The summed E-state index contributed by atoms with van der Waals surface area (Å²) >= 11 is 0. The fourth-order valence-corrected chi connectivity index (χ4v) is 6.36. The summed E-state index contributed by atoms with van der Waals surface area (Å²) in [6.45, 7) is 7.29. The molecule has 0 bridgehead atoms. The minimum atomic E-state index is -0.201. The molecule has 0 saturated heterocycles. The molecule has 4 aromatic rings. The highest BCUT2D eigenvalue weighted by Gasteiger charge is 2.48. The van der Waals surface area contributed by atoms with Gasteiger partial charge in [0.2, 0.25) is 0 Å². The maximum absolute atomic E-state index is 13.4. The van der Waals surface area contributed by atoms with Crippen LogP contribution in [-0.4, -0.2) is 36.7 Å². The Balaban J connectivity index is 1.26. The van der Waals surface area contributed by atoms with Crippen molar-refractivity contribution in [2.24, 2.45) is 18.9 Å². The van der Waals surface area contributed by atoms with Gasteiger partial charge in [0.15, 0.2) is 0 Å². The van der Waals surface area contributed by atoms with E-state index in [4.69, 9.17) is 4.98 Å². The molecule has 3 heterocycles. The van der Waals surface area contributed by atoms with Crippen LogP contribution in [0, 0.1) is 18.8 Å². The molecule has 1 aromatic carbocycles. The first-order valence-electron chi connectivity index (χ1n) is 13.3. The number of benzene rings is 1. The van der Waals surface area contributed by atoms with E-state index in [1.54, 1.807) is 6.33 Å². The molecule has 0 unspecified atom stereocenters. The van der Waals surface area contributed by atoms with Gasteiger partial charge in [-0.15, -0.1) is 10.2 Å². The molecule has 2 saturated carbocycles. The van der Waals surface area contributed by atoms with Crippen LogP contribution in [0.25, 0.3) is 11.0 Å². The molecule has 1 amide bonds. The topological polar surface area (TPSA) is 101 Å². The van der Waals surface area contributed by atoms with Gasteiger partial charge in [0, 0.05) is 31.5 Å². The van der Waals surface area contributed by atoms with Crippen LogP contribution in [0.15, 0.2) is 42.9 Å². The molecule has 0 aliphatic heterocycles. The van der Waals surface area contributed by atoms with Crippen LogP contribution in [0.3, 0.4) is 0 Å². The third-order valence-electron chi connectivity index (χ3n) is 8.30. The number of amides is 1. The quantitative estimate of drug-likeness (QED) is 0.339. The lowest BCUT2D eigenvalue weighted by molar-refractivity contribution is 0.102. The van der Waals surface area contributed by atoms with Crippen molar-refractivity contribution in [2.75, 3.05) is 5.32 Å². The second kappa shape index (κ2) is 9.10. The molecule has 0 spiro atoms. The van der Waals surface area contributed by atoms with Gasteiger partial charge in [-0.2, -0.15) is 0 Å². The first-order chi connectivity index (χ1) is 17.8. The molecule has 3 N–H and O–H groups in total. The molecule has 2 aliphatic carbocycles. The highest BCUT2D eigenvalue weighted by atomic mass is 16.1. The molecule has 192 valence electrons. The summed E-state index contributed by atoms with van der Waals surface area (Å²) in [6.07, 6.45) is 8.15. The van der Waals surface area contributed by atoms with Gasteiger partial charge >= 0.3 is 0 Å². The summed E-state index contributed by atoms with van der Waals surface area (Å²) in [7, 11) is 1.99. The van der Waals surface area contributed by atoms with Crippen LogP contribution in [0.5, 0.6) is 0 Å². The molecular weight excluding hydrogens is 462 g/mol. The van der Waals surface area contributed by atoms with Crippen molar-refractivity contribution < 1.29 is 4.79 Å². The average molecular weight is 498 g/mol. The van der Waals surface area contributed by atoms with Crippen LogP contribution in [-0.2, 0) is 19.0 Å². The summed E-state index contributed by atoms with van der Waals surface area (Å²) in [4.78, 5) is 21.5. The molecule has 8 nitrogen and oxygen atoms in total. The fourth-order valence-electron chi connectivity index (χ4n) is 6.36. The van der Waals surface area contributed by atoms with E-state index in [0.29, 0.717) is 24.2 Å². The molecular formula is C29H35N7O. The molecule has 2 fully saturated rings. The number of pyridine rings is 1. The minimum absolute atomic E-state index is 0.178. The van der Waals surface area contributed by atoms with Gasteiger partial charge in [-0.1, -0.05) is 26.0 Å². The molecule has 0 radical (unpaired) electrons. The number of H-pyrrole nitrogens is 1. The zero-order valence-electron chi connectivity index (χ0n) is 22.0. The largest absolute Gasteiger partial charge is 0.359 e. The van der Waals surface area contributed by atoms with Gasteiger partial charge in [0.1, 0.15) is 17.8 Å². The summed E-state index contributed by atoms with van der Waals surface area (Å²) in [5.74, 6) is 2.18. The number of aryl methyl sites for hydroxylation is 2. The Morgan fingerprint density at radius 3 is 2.70 bits per heavy atom. The molecule has 6 rings (SSSR count). The smallest absolute Gasteiger partial charge is 0.274 e. The maximum Gasteiger partial charge on any atom is 0.274 e. The highest BCUT2D eigenvalue weighted by Crippen LogP contribution is 2.51. The fraction of sp³-hybridized carbons (Fsp3) is 0.448. The Kier molecular flexibility index (Phi) is 5.87. The van der Waals surface area contributed by atoms with Gasteiger partial charge in [-0.3, -0.25) is 4.79 Å². The zero-order chi connectivity index (χ0) is 25.7. The van der Waals surface area contributed by atoms with Crippen LogP contribution in [0.2, 0.25) is 0 Å². The van der Waals surface area contributed by atoms with Crippen molar-refractivity contribution >= 4 is 22.6 Å². The number of fused-ring (bicyclic) bond motifs is 1. The SMILES string of the molecule is Cc1c[nH]c2c(CNC3CC(C)C3)cc(C(=O)Nc3cccc(C4(c5nncn5C)CC(C)C4)c3)nc12. The monoisotopic (exact) mass is 497 g/mol. The molecule has 8 heteroatoms. The van der Waals surface area contributed by atoms with E-state index in [9.17, 15) is 4.79 Å². The van der Waals surface area contributed by atoms with E-state index in [1.165, 1.54) is 12.8 Å². The van der Waals surface area contributed by atoms with Gasteiger partial charge in [-0.25, -0.2) is 4.98 Å². The first kappa shape index (κ1) is 23.9. The van der Waals surface area contributed by atoms with Gasteiger partial charge in [-0.05, 0) is 79.3 Å². The average Bonchev–Trinajstić information content (AvgIpc) is 3.44. The van der Waals surface area contributed by atoms with Crippen molar-refractivity contribution in [1.82, 2.24) is 30.0 Å². The lowest BCUT2D eigenvalue weighted by Crippen LogP contribution is -2.43. The van der Waals surface area contributed by atoms with Crippen LogP contribution in [0.1, 0.15) is 72.5 Å². The van der Waals surface area contributed by atoms with Crippen molar-refractivity contribution in [1.29, 1.82) is 0 Å². The Morgan fingerprint density at radius 2 is 2.00 bits per heavy atom. The number of nitrogens with one attached hydrogen (secondary N) is 3. The molecule has 37 heavy (non-hydrogen) atoms. The molecule has 0 atom stereocenters. The second-order valence-electron chi connectivity index (χ2n) is 11.4.